The highest BCUT2D eigenvalue weighted by atomic mass is 79.9. The Labute approximate surface area is 126 Å². The van der Waals surface area contributed by atoms with Crippen molar-refractivity contribution < 1.29 is 9.50 Å². The molecular weight excluding hydrogens is 333 g/mol. The summed E-state index contributed by atoms with van der Waals surface area (Å²) >= 11 is 9.09. The van der Waals surface area contributed by atoms with Crippen LogP contribution in [0.25, 0.3) is 0 Å². The summed E-state index contributed by atoms with van der Waals surface area (Å²) in [4.78, 5) is 2.30. The van der Waals surface area contributed by atoms with Crippen molar-refractivity contribution >= 4 is 27.5 Å². The van der Waals surface area contributed by atoms with Crippen LogP contribution in [0.2, 0.25) is 5.02 Å². The molecule has 1 saturated heterocycles. The van der Waals surface area contributed by atoms with E-state index < -0.39 is 11.4 Å². The molecular formula is C14H18BrClFNO. The maximum atomic E-state index is 14.2. The first kappa shape index (κ1) is 15.2. The number of piperidine rings is 1. The van der Waals surface area contributed by atoms with Gasteiger partial charge in [-0.2, -0.15) is 0 Å². The molecule has 0 saturated carbocycles. The van der Waals surface area contributed by atoms with E-state index in [0.717, 1.165) is 26.1 Å². The van der Waals surface area contributed by atoms with Crippen molar-refractivity contribution in [1.29, 1.82) is 0 Å². The topological polar surface area (TPSA) is 23.5 Å². The van der Waals surface area contributed by atoms with Crippen LogP contribution in [-0.4, -0.2) is 29.6 Å². The minimum absolute atomic E-state index is 0.0434. The Bertz CT molecular complexity index is 461. The van der Waals surface area contributed by atoms with Crippen LogP contribution in [0.15, 0.2) is 16.6 Å². The van der Waals surface area contributed by atoms with E-state index >= 15 is 0 Å². The number of aliphatic hydroxyl groups is 1. The average Bonchev–Trinajstić information content (AvgIpc) is 2.39. The predicted molar refractivity (Wildman–Crippen MR) is 79.0 cm³/mol. The molecule has 0 aromatic heterocycles. The van der Waals surface area contributed by atoms with E-state index in [-0.39, 0.29) is 5.02 Å². The third-order valence-corrected chi connectivity index (χ3v) is 5.02. The van der Waals surface area contributed by atoms with Gasteiger partial charge in [-0.3, -0.25) is 0 Å². The number of nitrogens with zero attached hydrogens (tertiary/aromatic N) is 1. The number of hydrogen-bond acceptors (Lipinski definition) is 2. The van der Waals surface area contributed by atoms with Crippen molar-refractivity contribution in [3.8, 4) is 0 Å². The minimum Gasteiger partial charge on any atom is -0.385 e. The van der Waals surface area contributed by atoms with E-state index in [9.17, 15) is 9.50 Å². The largest absolute Gasteiger partial charge is 0.385 e. The van der Waals surface area contributed by atoms with Gasteiger partial charge in [0.15, 0.2) is 0 Å². The molecule has 1 aromatic rings. The first-order valence-corrected chi connectivity index (χ1v) is 7.74. The van der Waals surface area contributed by atoms with Gasteiger partial charge in [-0.1, -0.05) is 24.6 Å². The number of halogens is 3. The number of hydrogen-bond donors (Lipinski definition) is 1. The standard InChI is InChI=1S/C14H18BrClFNO/c1-2-7-18-8-5-14(19,6-9-18)10-3-4-11(15)12(16)13(10)17/h3-4,19H,2,5-9H2,1H3. The number of rotatable bonds is 3. The third kappa shape index (κ3) is 3.13. The van der Waals surface area contributed by atoms with Crippen LogP contribution in [0, 0.1) is 5.82 Å². The zero-order valence-corrected chi connectivity index (χ0v) is 13.3. The molecule has 2 rings (SSSR count). The van der Waals surface area contributed by atoms with Crippen molar-refractivity contribution in [3.63, 3.8) is 0 Å². The summed E-state index contributed by atoms with van der Waals surface area (Å²) in [5.74, 6) is -0.512. The lowest BCUT2D eigenvalue weighted by Gasteiger charge is -2.38. The fourth-order valence-electron chi connectivity index (χ4n) is 2.62. The van der Waals surface area contributed by atoms with Gasteiger partial charge in [-0.25, -0.2) is 4.39 Å². The molecule has 1 aliphatic rings. The van der Waals surface area contributed by atoms with Gasteiger partial charge in [0.05, 0.1) is 10.6 Å². The lowest BCUT2D eigenvalue weighted by molar-refractivity contribution is -0.0283. The maximum absolute atomic E-state index is 14.2. The Morgan fingerprint density at radius 2 is 2.05 bits per heavy atom. The second kappa shape index (κ2) is 6.08. The summed E-state index contributed by atoms with van der Waals surface area (Å²) in [7, 11) is 0. The highest BCUT2D eigenvalue weighted by Crippen LogP contribution is 2.38. The van der Waals surface area contributed by atoms with Crippen molar-refractivity contribution in [3.05, 3.63) is 33.0 Å². The molecule has 0 amide bonds. The van der Waals surface area contributed by atoms with E-state index in [4.69, 9.17) is 11.6 Å². The number of benzene rings is 1. The predicted octanol–water partition coefficient (Wildman–Crippen LogP) is 3.94. The van der Waals surface area contributed by atoms with Crippen LogP contribution in [-0.2, 0) is 5.60 Å². The molecule has 5 heteroatoms. The van der Waals surface area contributed by atoms with Crippen LogP contribution in [0.4, 0.5) is 4.39 Å². The van der Waals surface area contributed by atoms with Crippen LogP contribution >= 0.6 is 27.5 Å². The van der Waals surface area contributed by atoms with E-state index in [1.807, 2.05) is 0 Å². The third-order valence-electron chi connectivity index (χ3n) is 3.76. The fourth-order valence-corrected chi connectivity index (χ4v) is 3.09. The molecule has 0 radical (unpaired) electrons. The molecule has 1 fully saturated rings. The van der Waals surface area contributed by atoms with Gasteiger partial charge in [0.2, 0.25) is 0 Å². The van der Waals surface area contributed by atoms with Gasteiger partial charge in [0.25, 0.3) is 0 Å². The SMILES string of the molecule is CCCN1CCC(O)(c2ccc(Br)c(Cl)c2F)CC1. The highest BCUT2D eigenvalue weighted by Gasteiger charge is 2.36. The Kier molecular flexibility index (Phi) is 4.88. The maximum Gasteiger partial charge on any atom is 0.149 e. The molecule has 1 heterocycles. The van der Waals surface area contributed by atoms with Crippen LogP contribution in [0.1, 0.15) is 31.7 Å². The molecule has 1 aliphatic heterocycles. The van der Waals surface area contributed by atoms with Crippen molar-refractivity contribution in [1.82, 2.24) is 4.90 Å². The van der Waals surface area contributed by atoms with Crippen molar-refractivity contribution in [2.24, 2.45) is 0 Å². The number of likely N-dealkylation sites (tertiary alicyclic amines) is 1. The van der Waals surface area contributed by atoms with Gasteiger partial charge < -0.3 is 10.0 Å². The van der Waals surface area contributed by atoms with Gasteiger partial charge in [-0.05, 0) is 47.8 Å². The van der Waals surface area contributed by atoms with E-state index in [1.54, 1.807) is 12.1 Å². The van der Waals surface area contributed by atoms with Crippen LogP contribution < -0.4 is 0 Å². The second-order valence-corrected chi connectivity index (χ2v) is 6.33. The zero-order chi connectivity index (χ0) is 14.0. The summed E-state index contributed by atoms with van der Waals surface area (Å²) in [5.41, 5.74) is -0.782. The average molecular weight is 351 g/mol. The quantitative estimate of drug-likeness (QED) is 0.835. The first-order chi connectivity index (χ1) is 8.98. The summed E-state index contributed by atoms with van der Waals surface area (Å²) in [6.07, 6.45) is 2.18. The Balaban J connectivity index is 2.20. The second-order valence-electron chi connectivity index (χ2n) is 5.10. The Hall–Kier alpha value is -0.160. The lowest BCUT2D eigenvalue weighted by atomic mass is 9.84. The molecule has 0 atom stereocenters. The van der Waals surface area contributed by atoms with Crippen LogP contribution in [0.3, 0.4) is 0 Å². The molecule has 1 aromatic carbocycles. The summed E-state index contributed by atoms with van der Waals surface area (Å²) < 4.78 is 14.7. The molecule has 0 spiro atoms. The van der Waals surface area contributed by atoms with Gasteiger partial charge in [-0.15, -0.1) is 0 Å². The molecule has 0 bridgehead atoms. The van der Waals surface area contributed by atoms with E-state index in [2.05, 4.69) is 27.8 Å². The molecule has 1 N–H and O–H groups in total. The molecule has 2 nitrogen and oxygen atoms in total. The monoisotopic (exact) mass is 349 g/mol. The van der Waals surface area contributed by atoms with Crippen LogP contribution in [0.5, 0.6) is 0 Å². The zero-order valence-electron chi connectivity index (χ0n) is 10.9. The van der Waals surface area contributed by atoms with E-state index in [1.165, 1.54) is 0 Å². The first-order valence-electron chi connectivity index (χ1n) is 6.56. The molecule has 19 heavy (non-hydrogen) atoms. The Morgan fingerprint density at radius 3 is 2.63 bits per heavy atom. The summed E-state index contributed by atoms with van der Waals surface area (Å²) in [5, 5.41) is 10.7. The lowest BCUT2D eigenvalue weighted by Crippen LogP contribution is -2.43. The normalized spacial score (nSPS) is 19.6. The minimum atomic E-state index is -1.10. The Morgan fingerprint density at radius 1 is 1.42 bits per heavy atom. The summed E-state index contributed by atoms with van der Waals surface area (Å²) in [6, 6.07) is 3.32. The fraction of sp³-hybridized carbons (Fsp3) is 0.571. The molecule has 0 unspecified atom stereocenters. The summed E-state index contributed by atoms with van der Waals surface area (Å²) in [6.45, 7) is 4.74. The van der Waals surface area contributed by atoms with E-state index in [0.29, 0.717) is 22.9 Å². The smallest absolute Gasteiger partial charge is 0.149 e. The van der Waals surface area contributed by atoms with Crippen molar-refractivity contribution in [2.45, 2.75) is 31.8 Å². The highest BCUT2D eigenvalue weighted by molar-refractivity contribution is 9.10. The molecule has 0 aliphatic carbocycles. The van der Waals surface area contributed by atoms with Gasteiger partial charge >= 0.3 is 0 Å². The molecule has 106 valence electrons. The van der Waals surface area contributed by atoms with Gasteiger partial charge in [0, 0.05) is 23.1 Å². The van der Waals surface area contributed by atoms with Crippen molar-refractivity contribution in [2.75, 3.05) is 19.6 Å². The van der Waals surface area contributed by atoms with Gasteiger partial charge in [0.1, 0.15) is 5.82 Å².